The molecule has 0 saturated carbocycles. The fourth-order valence-corrected chi connectivity index (χ4v) is 1.24. The average molecular weight is 220 g/mol. The van der Waals surface area contributed by atoms with Crippen molar-refractivity contribution in [1.29, 1.82) is 0 Å². The highest BCUT2D eigenvalue weighted by molar-refractivity contribution is 5.51. The summed E-state index contributed by atoms with van der Waals surface area (Å²) in [6.45, 7) is 8.77. The molecule has 0 aromatic heterocycles. The Morgan fingerprint density at radius 3 is 2.00 bits per heavy atom. The topological polar surface area (TPSA) is 41.5 Å². The van der Waals surface area contributed by atoms with Gasteiger partial charge in [0.15, 0.2) is 0 Å². The molecule has 0 aliphatic heterocycles. The summed E-state index contributed by atoms with van der Waals surface area (Å²) < 4.78 is 0. The van der Waals surface area contributed by atoms with Gasteiger partial charge < -0.3 is 5.32 Å². The van der Waals surface area contributed by atoms with E-state index in [0.717, 1.165) is 0 Å². The molecule has 0 heterocycles. The second-order valence-corrected chi connectivity index (χ2v) is 3.55. The zero-order chi connectivity index (χ0) is 12.6. The first-order valence-corrected chi connectivity index (χ1v) is 5.36. The van der Waals surface area contributed by atoms with Crippen molar-refractivity contribution < 1.29 is 4.79 Å². The Morgan fingerprint density at radius 1 is 1.25 bits per heavy atom. The minimum absolute atomic E-state index is 0.545. The number of nitrogens with one attached hydrogen (secondary N) is 1. The predicted molar refractivity (Wildman–Crippen MR) is 68.9 cm³/mol. The van der Waals surface area contributed by atoms with Crippen molar-refractivity contribution in [2.24, 2.45) is 4.99 Å². The van der Waals surface area contributed by atoms with E-state index in [1.54, 1.807) is 6.92 Å². The van der Waals surface area contributed by atoms with Crippen molar-refractivity contribution in [3.05, 3.63) is 28.8 Å². The second-order valence-electron chi connectivity index (χ2n) is 3.55. The van der Waals surface area contributed by atoms with E-state index in [2.05, 4.69) is 43.2 Å². The lowest BCUT2D eigenvalue weighted by Crippen LogP contribution is -1.92. The van der Waals surface area contributed by atoms with Crippen LogP contribution in [-0.4, -0.2) is 19.7 Å². The number of nitrogens with zero attached hydrogens (tertiary/aromatic N) is 1. The number of hydrogen-bond donors (Lipinski definition) is 1. The SMILES string of the molecule is CCN=C=O.CNc1cc(C)c(C)c(C)c1. The summed E-state index contributed by atoms with van der Waals surface area (Å²) >= 11 is 0. The van der Waals surface area contributed by atoms with Gasteiger partial charge in [-0.2, -0.15) is 0 Å². The molecule has 1 N–H and O–H groups in total. The molecule has 0 fully saturated rings. The van der Waals surface area contributed by atoms with Gasteiger partial charge in [-0.25, -0.2) is 9.79 Å². The highest BCUT2D eigenvalue weighted by Crippen LogP contribution is 2.18. The van der Waals surface area contributed by atoms with E-state index in [-0.39, 0.29) is 0 Å². The monoisotopic (exact) mass is 220 g/mol. The third-order valence-corrected chi connectivity index (χ3v) is 2.44. The van der Waals surface area contributed by atoms with Gasteiger partial charge >= 0.3 is 0 Å². The molecule has 0 unspecified atom stereocenters. The van der Waals surface area contributed by atoms with Gasteiger partial charge in [-0.3, -0.25) is 0 Å². The quantitative estimate of drug-likeness (QED) is 0.615. The van der Waals surface area contributed by atoms with Crippen molar-refractivity contribution in [2.45, 2.75) is 27.7 Å². The number of isocyanates is 1. The van der Waals surface area contributed by atoms with E-state index in [1.807, 2.05) is 7.05 Å². The first-order chi connectivity index (χ1) is 7.56. The van der Waals surface area contributed by atoms with E-state index in [4.69, 9.17) is 4.79 Å². The highest BCUT2D eigenvalue weighted by Gasteiger charge is 1.98. The molecule has 0 spiro atoms. The second kappa shape index (κ2) is 7.66. The van der Waals surface area contributed by atoms with Crippen molar-refractivity contribution in [3.8, 4) is 0 Å². The predicted octanol–water partition coefficient (Wildman–Crippen LogP) is 3.00. The molecule has 3 nitrogen and oxygen atoms in total. The first kappa shape index (κ1) is 14.4. The summed E-state index contributed by atoms with van der Waals surface area (Å²) in [4.78, 5) is 12.3. The Labute approximate surface area is 97.6 Å². The lowest BCUT2D eigenvalue weighted by atomic mass is 10.0. The number of aliphatic imine (C=N–C) groups is 1. The lowest BCUT2D eigenvalue weighted by Gasteiger charge is -2.07. The molecule has 88 valence electrons. The van der Waals surface area contributed by atoms with Crippen molar-refractivity contribution >= 4 is 11.8 Å². The number of benzene rings is 1. The molecule has 3 heteroatoms. The van der Waals surface area contributed by atoms with E-state index in [1.165, 1.54) is 28.5 Å². The molecule has 1 rings (SSSR count). The van der Waals surface area contributed by atoms with Crippen LogP contribution >= 0.6 is 0 Å². The molecule has 0 amide bonds. The van der Waals surface area contributed by atoms with Gasteiger partial charge in [-0.1, -0.05) is 0 Å². The summed E-state index contributed by atoms with van der Waals surface area (Å²) in [5.41, 5.74) is 5.30. The van der Waals surface area contributed by atoms with Crippen LogP contribution in [0, 0.1) is 20.8 Å². The lowest BCUT2D eigenvalue weighted by molar-refractivity contribution is 0.563. The third kappa shape index (κ3) is 4.76. The van der Waals surface area contributed by atoms with Crippen LogP contribution < -0.4 is 5.32 Å². The average Bonchev–Trinajstić information content (AvgIpc) is 2.27. The molecule has 1 aromatic rings. The first-order valence-electron chi connectivity index (χ1n) is 5.36. The smallest absolute Gasteiger partial charge is 0.234 e. The van der Waals surface area contributed by atoms with Crippen LogP contribution in [0.15, 0.2) is 17.1 Å². The summed E-state index contributed by atoms with van der Waals surface area (Å²) in [5.74, 6) is 0. The van der Waals surface area contributed by atoms with Gasteiger partial charge in [-0.15, -0.1) is 0 Å². The van der Waals surface area contributed by atoms with Crippen LogP contribution in [0.2, 0.25) is 0 Å². The van der Waals surface area contributed by atoms with Crippen LogP contribution in [0.3, 0.4) is 0 Å². The highest BCUT2D eigenvalue weighted by atomic mass is 16.1. The summed E-state index contributed by atoms with van der Waals surface area (Å²) in [5, 5.41) is 3.14. The van der Waals surface area contributed by atoms with Gasteiger partial charge in [-0.05, 0) is 56.5 Å². The number of carbonyl (C=O) groups excluding carboxylic acids is 1. The third-order valence-electron chi connectivity index (χ3n) is 2.44. The van der Waals surface area contributed by atoms with Gasteiger partial charge in [0.2, 0.25) is 6.08 Å². The Hall–Kier alpha value is -1.60. The van der Waals surface area contributed by atoms with Crippen LogP contribution in [0.25, 0.3) is 0 Å². The Balaban J connectivity index is 0.000000385. The van der Waals surface area contributed by atoms with E-state index in [0.29, 0.717) is 6.54 Å². The maximum absolute atomic E-state index is 9.11. The number of hydrogen-bond acceptors (Lipinski definition) is 3. The number of aryl methyl sites for hydroxylation is 2. The van der Waals surface area contributed by atoms with Crippen LogP contribution in [-0.2, 0) is 4.79 Å². The van der Waals surface area contributed by atoms with E-state index < -0.39 is 0 Å². The molecule has 1 aromatic carbocycles. The van der Waals surface area contributed by atoms with Gasteiger partial charge in [0.05, 0.1) is 0 Å². The molecule has 0 aliphatic rings. The molecule has 16 heavy (non-hydrogen) atoms. The largest absolute Gasteiger partial charge is 0.388 e. The molecular formula is C13H20N2O. The maximum Gasteiger partial charge on any atom is 0.234 e. The van der Waals surface area contributed by atoms with Gasteiger partial charge in [0.1, 0.15) is 0 Å². The molecule has 0 atom stereocenters. The number of anilines is 1. The Kier molecular flexibility index (Phi) is 6.89. The molecule has 0 saturated heterocycles. The molecule has 0 radical (unpaired) electrons. The summed E-state index contributed by atoms with van der Waals surface area (Å²) in [7, 11) is 1.95. The Bertz CT molecular complexity index is 357. The van der Waals surface area contributed by atoms with Crippen LogP contribution in [0.4, 0.5) is 5.69 Å². The van der Waals surface area contributed by atoms with Crippen molar-refractivity contribution in [1.82, 2.24) is 0 Å². The molecule has 0 aliphatic carbocycles. The zero-order valence-electron chi connectivity index (χ0n) is 10.7. The fourth-order valence-electron chi connectivity index (χ4n) is 1.24. The van der Waals surface area contributed by atoms with E-state index in [9.17, 15) is 0 Å². The standard InChI is InChI=1S/C10H15N.C3H5NO/c1-7-5-10(11-4)6-8(2)9(7)3;1-2-4-3-5/h5-6,11H,1-4H3;2H2,1H3. The number of rotatable bonds is 2. The molecular weight excluding hydrogens is 200 g/mol. The summed E-state index contributed by atoms with van der Waals surface area (Å²) in [6, 6.07) is 4.34. The summed E-state index contributed by atoms with van der Waals surface area (Å²) in [6.07, 6.45) is 1.39. The van der Waals surface area contributed by atoms with E-state index >= 15 is 0 Å². The van der Waals surface area contributed by atoms with Gasteiger partial charge in [0, 0.05) is 19.3 Å². The molecule has 0 bridgehead atoms. The van der Waals surface area contributed by atoms with Crippen molar-refractivity contribution in [3.63, 3.8) is 0 Å². The Morgan fingerprint density at radius 2 is 1.75 bits per heavy atom. The normalized spacial score (nSPS) is 8.56. The minimum Gasteiger partial charge on any atom is -0.388 e. The fraction of sp³-hybridized carbons (Fsp3) is 0.462. The van der Waals surface area contributed by atoms with Crippen molar-refractivity contribution in [2.75, 3.05) is 18.9 Å². The van der Waals surface area contributed by atoms with Gasteiger partial charge in [0.25, 0.3) is 0 Å². The van der Waals surface area contributed by atoms with Crippen LogP contribution in [0.1, 0.15) is 23.6 Å². The maximum atomic E-state index is 9.11. The van der Waals surface area contributed by atoms with Crippen LogP contribution in [0.5, 0.6) is 0 Å². The zero-order valence-corrected chi connectivity index (χ0v) is 10.7. The minimum atomic E-state index is 0.545.